The van der Waals surface area contributed by atoms with Crippen molar-refractivity contribution in [1.82, 2.24) is 9.80 Å². The molecule has 0 aromatic carbocycles. The molecule has 3 unspecified atom stereocenters. The van der Waals surface area contributed by atoms with Gasteiger partial charge in [-0.1, -0.05) is 13.3 Å². The second kappa shape index (κ2) is 4.96. The topological polar surface area (TPSA) is 6.48 Å². The van der Waals surface area contributed by atoms with Crippen LogP contribution in [0.3, 0.4) is 0 Å². The van der Waals surface area contributed by atoms with Crippen molar-refractivity contribution in [2.75, 3.05) is 19.6 Å². The molecular weight excluding hydrogens is 210 g/mol. The lowest BCUT2D eigenvalue weighted by atomic mass is 9.86. The minimum Gasteiger partial charge on any atom is -0.298 e. The summed E-state index contributed by atoms with van der Waals surface area (Å²) in [6, 6.07) is 1.41. The number of fused-ring (bicyclic) bond motifs is 2. The summed E-state index contributed by atoms with van der Waals surface area (Å²) in [7, 11) is 0. The van der Waals surface area contributed by atoms with E-state index in [0.717, 1.165) is 19.5 Å². The third-order valence-corrected chi connectivity index (χ3v) is 4.05. The van der Waals surface area contributed by atoms with Gasteiger partial charge in [-0.25, -0.2) is 8.78 Å². The van der Waals surface area contributed by atoms with Crippen LogP contribution in [0.1, 0.15) is 33.1 Å². The Morgan fingerprint density at radius 2 is 1.88 bits per heavy atom. The van der Waals surface area contributed by atoms with E-state index in [1.54, 1.807) is 0 Å². The van der Waals surface area contributed by atoms with Crippen LogP contribution in [0.4, 0.5) is 8.78 Å². The summed E-state index contributed by atoms with van der Waals surface area (Å²) in [5.74, 6) is 0. The van der Waals surface area contributed by atoms with Crippen molar-refractivity contribution in [2.45, 2.75) is 57.7 Å². The number of piperazine rings is 1. The molecule has 3 saturated heterocycles. The quantitative estimate of drug-likeness (QED) is 0.717. The summed E-state index contributed by atoms with van der Waals surface area (Å²) < 4.78 is 24.7. The molecule has 0 aromatic rings. The molecule has 3 heterocycles. The van der Waals surface area contributed by atoms with Crippen molar-refractivity contribution in [3.63, 3.8) is 0 Å². The molecule has 0 amide bonds. The molecule has 2 bridgehead atoms. The van der Waals surface area contributed by atoms with Gasteiger partial charge in [-0.3, -0.25) is 9.80 Å². The van der Waals surface area contributed by atoms with Crippen LogP contribution >= 0.6 is 0 Å². The standard InChI is InChI=1S/C12H22F2N2/c1-3-4-9(2)15-6-10-5-11(7-15)16(10)8-12(13)14/h9-12H,3-8H2,1-2H3. The van der Waals surface area contributed by atoms with Crippen LogP contribution in [0.15, 0.2) is 0 Å². The largest absolute Gasteiger partial charge is 0.298 e. The molecule has 94 valence electrons. The lowest BCUT2D eigenvalue weighted by Crippen LogP contribution is -2.70. The monoisotopic (exact) mass is 232 g/mol. The van der Waals surface area contributed by atoms with Gasteiger partial charge in [-0.05, 0) is 19.8 Å². The predicted molar refractivity (Wildman–Crippen MR) is 60.8 cm³/mol. The first kappa shape index (κ1) is 12.2. The van der Waals surface area contributed by atoms with Gasteiger partial charge in [0.05, 0.1) is 6.54 Å². The highest BCUT2D eigenvalue weighted by molar-refractivity contribution is 5.01. The van der Waals surface area contributed by atoms with Gasteiger partial charge in [0.1, 0.15) is 0 Å². The summed E-state index contributed by atoms with van der Waals surface area (Å²) in [6.07, 6.45) is 1.37. The second-order valence-electron chi connectivity index (χ2n) is 5.22. The molecule has 0 spiro atoms. The molecule has 3 aliphatic heterocycles. The van der Waals surface area contributed by atoms with Gasteiger partial charge in [-0.2, -0.15) is 0 Å². The van der Waals surface area contributed by atoms with Crippen LogP contribution in [0.25, 0.3) is 0 Å². The summed E-state index contributed by atoms with van der Waals surface area (Å²) in [5.41, 5.74) is 0. The molecule has 2 nitrogen and oxygen atoms in total. The highest BCUT2D eigenvalue weighted by atomic mass is 19.3. The number of nitrogens with zero attached hydrogens (tertiary/aromatic N) is 2. The van der Waals surface area contributed by atoms with E-state index >= 15 is 0 Å². The Bertz CT molecular complexity index is 223. The Balaban J connectivity index is 1.82. The maximum atomic E-state index is 12.3. The highest BCUT2D eigenvalue weighted by Crippen LogP contribution is 2.33. The number of halogens is 2. The molecule has 0 aliphatic carbocycles. The van der Waals surface area contributed by atoms with Crippen LogP contribution in [-0.4, -0.2) is 54.0 Å². The summed E-state index contributed by atoms with van der Waals surface area (Å²) in [4.78, 5) is 4.48. The smallest absolute Gasteiger partial charge is 0.251 e. The van der Waals surface area contributed by atoms with E-state index in [2.05, 4.69) is 18.7 Å². The van der Waals surface area contributed by atoms with Crippen molar-refractivity contribution in [1.29, 1.82) is 0 Å². The number of hydrogen-bond acceptors (Lipinski definition) is 2. The Morgan fingerprint density at radius 1 is 1.25 bits per heavy atom. The van der Waals surface area contributed by atoms with Crippen molar-refractivity contribution < 1.29 is 8.78 Å². The van der Waals surface area contributed by atoms with Gasteiger partial charge in [0.2, 0.25) is 0 Å². The third-order valence-electron chi connectivity index (χ3n) is 4.05. The van der Waals surface area contributed by atoms with E-state index < -0.39 is 6.43 Å². The Morgan fingerprint density at radius 3 is 2.38 bits per heavy atom. The molecule has 0 N–H and O–H groups in total. The number of alkyl halides is 2. The average Bonchev–Trinajstić information content (AvgIpc) is 2.26. The molecular formula is C12H22F2N2. The lowest BCUT2D eigenvalue weighted by molar-refractivity contribution is -0.102. The maximum absolute atomic E-state index is 12.3. The SMILES string of the molecule is CCCC(C)N1CC2CC(C1)N2CC(F)F. The normalized spacial score (nSPS) is 32.8. The molecule has 0 radical (unpaired) electrons. The lowest BCUT2D eigenvalue weighted by Gasteiger charge is -2.57. The van der Waals surface area contributed by atoms with Gasteiger partial charge in [0, 0.05) is 31.2 Å². The molecule has 3 fully saturated rings. The van der Waals surface area contributed by atoms with Gasteiger partial charge in [0.15, 0.2) is 0 Å². The van der Waals surface area contributed by atoms with E-state index in [9.17, 15) is 8.78 Å². The maximum Gasteiger partial charge on any atom is 0.251 e. The zero-order valence-corrected chi connectivity index (χ0v) is 10.2. The van der Waals surface area contributed by atoms with Gasteiger partial charge in [-0.15, -0.1) is 0 Å². The first-order chi connectivity index (χ1) is 7.61. The average molecular weight is 232 g/mol. The van der Waals surface area contributed by atoms with Crippen molar-refractivity contribution in [2.24, 2.45) is 0 Å². The molecule has 3 atom stereocenters. The van der Waals surface area contributed by atoms with Crippen molar-refractivity contribution >= 4 is 0 Å². The van der Waals surface area contributed by atoms with Crippen LogP contribution in [0, 0.1) is 0 Å². The van der Waals surface area contributed by atoms with Crippen LogP contribution < -0.4 is 0 Å². The van der Waals surface area contributed by atoms with E-state index in [1.807, 2.05) is 4.90 Å². The summed E-state index contributed by atoms with van der Waals surface area (Å²) >= 11 is 0. The van der Waals surface area contributed by atoms with Gasteiger partial charge < -0.3 is 0 Å². The number of hydrogen-bond donors (Lipinski definition) is 0. The van der Waals surface area contributed by atoms with Gasteiger partial charge in [0.25, 0.3) is 6.43 Å². The molecule has 4 heteroatoms. The fourth-order valence-electron chi connectivity index (χ4n) is 3.14. The Hall–Kier alpha value is -0.220. The second-order valence-corrected chi connectivity index (χ2v) is 5.22. The fourth-order valence-corrected chi connectivity index (χ4v) is 3.14. The Labute approximate surface area is 96.6 Å². The number of piperidine rings is 1. The summed E-state index contributed by atoms with van der Waals surface area (Å²) in [5, 5.41) is 0. The third kappa shape index (κ3) is 2.38. The van der Waals surface area contributed by atoms with E-state index in [-0.39, 0.29) is 6.54 Å². The Kier molecular flexibility index (Phi) is 3.80. The molecule has 0 saturated carbocycles. The van der Waals surface area contributed by atoms with Gasteiger partial charge >= 0.3 is 0 Å². The highest BCUT2D eigenvalue weighted by Gasteiger charge is 2.45. The molecule has 3 rings (SSSR count). The zero-order valence-electron chi connectivity index (χ0n) is 10.2. The first-order valence-electron chi connectivity index (χ1n) is 6.39. The zero-order chi connectivity index (χ0) is 11.7. The molecule has 3 aliphatic rings. The fraction of sp³-hybridized carbons (Fsp3) is 1.00. The van der Waals surface area contributed by atoms with Crippen molar-refractivity contribution in [3.8, 4) is 0 Å². The van der Waals surface area contributed by atoms with Crippen LogP contribution in [0.5, 0.6) is 0 Å². The van der Waals surface area contributed by atoms with Crippen molar-refractivity contribution in [3.05, 3.63) is 0 Å². The van der Waals surface area contributed by atoms with E-state index in [1.165, 1.54) is 12.8 Å². The van der Waals surface area contributed by atoms with Crippen LogP contribution in [0.2, 0.25) is 0 Å². The first-order valence-corrected chi connectivity index (χ1v) is 6.39. The number of rotatable bonds is 5. The van der Waals surface area contributed by atoms with E-state index in [4.69, 9.17) is 0 Å². The summed E-state index contributed by atoms with van der Waals surface area (Å²) in [6.45, 7) is 6.41. The minimum atomic E-state index is -2.18. The minimum absolute atomic E-state index is 0.0225. The molecule has 0 aromatic heterocycles. The molecule has 16 heavy (non-hydrogen) atoms. The van der Waals surface area contributed by atoms with E-state index in [0.29, 0.717) is 18.1 Å². The predicted octanol–water partition coefficient (Wildman–Crippen LogP) is 2.20. The van der Waals surface area contributed by atoms with Crippen LogP contribution in [-0.2, 0) is 0 Å².